The Balaban J connectivity index is 2.68. The molecule has 0 fully saturated rings. The number of nitrogens with two attached hydrogens (primary N) is 1. The van der Waals surface area contributed by atoms with E-state index in [1.54, 1.807) is 18.9 Å². The Morgan fingerprint density at radius 3 is 2.32 bits per heavy atom. The number of carbonyl (C=O) groups excluding carboxylic acids is 2. The minimum absolute atomic E-state index is 0.123. The van der Waals surface area contributed by atoms with Crippen molar-refractivity contribution in [1.29, 1.82) is 0 Å². The van der Waals surface area contributed by atoms with Crippen LogP contribution in [0.1, 0.15) is 18.1 Å². The molecule has 0 aromatic heterocycles. The summed E-state index contributed by atoms with van der Waals surface area (Å²) in [5, 5.41) is 2.87. The molecule has 0 unspecified atom stereocenters. The average Bonchev–Trinajstić information content (AvgIpc) is 2.32. The molecule has 3 N–H and O–H groups in total. The third-order valence-electron chi connectivity index (χ3n) is 3.21. The van der Waals surface area contributed by atoms with E-state index in [-0.39, 0.29) is 12.5 Å². The van der Waals surface area contributed by atoms with Gasteiger partial charge < -0.3 is 11.1 Å². The summed E-state index contributed by atoms with van der Waals surface area (Å²) in [6.45, 7) is 5.68. The number of nitrogens with zero attached hydrogens (tertiary/aromatic N) is 1. The van der Waals surface area contributed by atoms with Gasteiger partial charge in [-0.1, -0.05) is 18.2 Å². The summed E-state index contributed by atoms with van der Waals surface area (Å²) in [6.07, 6.45) is 0. The van der Waals surface area contributed by atoms with E-state index in [0.717, 1.165) is 16.8 Å². The Morgan fingerprint density at radius 2 is 1.84 bits per heavy atom. The van der Waals surface area contributed by atoms with Gasteiger partial charge in [-0.15, -0.1) is 0 Å². The number of hydrogen-bond donors (Lipinski definition) is 2. The summed E-state index contributed by atoms with van der Waals surface area (Å²) in [5.41, 5.74) is 8.05. The largest absolute Gasteiger partial charge is 0.368 e. The van der Waals surface area contributed by atoms with Crippen LogP contribution in [-0.2, 0) is 9.59 Å². The molecule has 0 radical (unpaired) electrons. The molecule has 1 atom stereocenters. The highest BCUT2D eigenvalue weighted by Gasteiger charge is 2.18. The maximum Gasteiger partial charge on any atom is 0.238 e. The van der Waals surface area contributed by atoms with Crippen molar-refractivity contribution >= 4 is 17.5 Å². The van der Waals surface area contributed by atoms with Crippen molar-refractivity contribution in [2.24, 2.45) is 5.73 Å². The monoisotopic (exact) mass is 263 g/mol. The number of para-hydroxylation sites is 1. The van der Waals surface area contributed by atoms with E-state index in [9.17, 15) is 9.59 Å². The van der Waals surface area contributed by atoms with Crippen LogP contribution in [0.15, 0.2) is 18.2 Å². The van der Waals surface area contributed by atoms with Gasteiger partial charge in [-0.2, -0.15) is 0 Å². The molecule has 0 aliphatic carbocycles. The zero-order valence-electron chi connectivity index (χ0n) is 11.9. The van der Waals surface area contributed by atoms with E-state index in [1.807, 2.05) is 32.0 Å². The minimum Gasteiger partial charge on any atom is -0.368 e. The summed E-state index contributed by atoms with van der Waals surface area (Å²) >= 11 is 0. The Labute approximate surface area is 113 Å². The SMILES string of the molecule is Cc1cccc(C)c1NC(=O)CN(C)[C@@H](C)C(N)=O. The van der Waals surface area contributed by atoms with E-state index in [2.05, 4.69) is 5.32 Å². The van der Waals surface area contributed by atoms with Gasteiger partial charge in [-0.25, -0.2) is 0 Å². The number of hydrogen-bond acceptors (Lipinski definition) is 3. The second-order valence-corrected chi connectivity index (χ2v) is 4.81. The molecule has 19 heavy (non-hydrogen) atoms. The Hall–Kier alpha value is -1.88. The molecule has 0 spiro atoms. The molecule has 1 aromatic carbocycles. The number of carbonyl (C=O) groups is 2. The Bertz CT molecular complexity index is 465. The van der Waals surface area contributed by atoms with Gasteiger partial charge in [0.1, 0.15) is 0 Å². The van der Waals surface area contributed by atoms with Gasteiger partial charge in [-0.05, 0) is 38.9 Å². The molecule has 0 aliphatic heterocycles. The number of nitrogens with one attached hydrogen (secondary N) is 1. The van der Waals surface area contributed by atoms with Gasteiger partial charge in [0, 0.05) is 5.69 Å². The van der Waals surface area contributed by atoms with Gasteiger partial charge in [-0.3, -0.25) is 14.5 Å². The van der Waals surface area contributed by atoms with E-state index < -0.39 is 11.9 Å². The number of anilines is 1. The highest BCUT2D eigenvalue weighted by atomic mass is 16.2. The predicted octanol–water partition coefficient (Wildman–Crippen LogP) is 1.05. The first-order valence-electron chi connectivity index (χ1n) is 6.18. The van der Waals surface area contributed by atoms with E-state index in [0.29, 0.717) is 0 Å². The Morgan fingerprint density at radius 1 is 1.32 bits per heavy atom. The lowest BCUT2D eigenvalue weighted by molar-refractivity contribution is -0.123. The van der Waals surface area contributed by atoms with E-state index >= 15 is 0 Å². The molecule has 1 aromatic rings. The zero-order valence-corrected chi connectivity index (χ0v) is 11.9. The molecule has 5 heteroatoms. The second kappa shape index (κ2) is 6.33. The van der Waals surface area contributed by atoms with Crippen LogP contribution in [0.2, 0.25) is 0 Å². The quantitative estimate of drug-likeness (QED) is 0.833. The van der Waals surface area contributed by atoms with Crippen molar-refractivity contribution < 1.29 is 9.59 Å². The van der Waals surface area contributed by atoms with Gasteiger partial charge in [0.2, 0.25) is 11.8 Å². The van der Waals surface area contributed by atoms with Crippen LogP contribution in [0.4, 0.5) is 5.69 Å². The number of aryl methyl sites for hydroxylation is 2. The molecule has 0 saturated carbocycles. The van der Waals surface area contributed by atoms with Crippen molar-refractivity contribution in [2.75, 3.05) is 18.9 Å². The lowest BCUT2D eigenvalue weighted by Gasteiger charge is -2.21. The van der Waals surface area contributed by atoms with Crippen LogP contribution in [-0.4, -0.2) is 36.3 Å². The first-order valence-corrected chi connectivity index (χ1v) is 6.18. The fourth-order valence-corrected chi connectivity index (χ4v) is 1.77. The maximum atomic E-state index is 11.9. The number of amides is 2. The number of primary amides is 1. The van der Waals surface area contributed by atoms with Crippen LogP contribution in [0.25, 0.3) is 0 Å². The number of likely N-dealkylation sites (N-methyl/N-ethyl adjacent to an activating group) is 1. The molecule has 0 heterocycles. The van der Waals surface area contributed by atoms with E-state index in [1.165, 1.54) is 0 Å². The molecule has 2 amide bonds. The lowest BCUT2D eigenvalue weighted by atomic mass is 10.1. The van der Waals surface area contributed by atoms with Gasteiger partial charge in [0.25, 0.3) is 0 Å². The third-order valence-corrected chi connectivity index (χ3v) is 3.21. The average molecular weight is 263 g/mol. The Kier molecular flexibility index (Phi) is 5.06. The predicted molar refractivity (Wildman–Crippen MR) is 75.8 cm³/mol. The first-order chi connectivity index (χ1) is 8.82. The minimum atomic E-state index is -0.469. The summed E-state index contributed by atoms with van der Waals surface area (Å²) < 4.78 is 0. The highest BCUT2D eigenvalue weighted by Crippen LogP contribution is 2.19. The second-order valence-electron chi connectivity index (χ2n) is 4.81. The summed E-state index contributed by atoms with van der Waals surface area (Å²) in [5.74, 6) is -0.602. The van der Waals surface area contributed by atoms with Crippen molar-refractivity contribution in [3.8, 4) is 0 Å². The smallest absolute Gasteiger partial charge is 0.238 e. The van der Waals surface area contributed by atoms with Gasteiger partial charge >= 0.3 is 0 Å². The molecule has 1 rings (SSSR count). The van der Waals surface area contributed by atoms with E-state index in [4.69, 9.17) is 5.73 Å². The van der Waals surface area contributed by atoms with Crippen molar-refractivity contribution in [1.82, 2.24) is 4.90 Å². The van der Waals surface area contributed by atoms with Crippen LogP contribution >= 0.6 is 0 Å². The fraction of sp³-hybridized carbons (Fsp3) is 0.429. The molecule has 0 aliphatic rings. The zero-order chi connectivity index (χ0) is 14.6. The summed E-state index contributed by atoms with van der Waals surface area (Å²) in [6, 6.07) is 5.36. The molecule has 0 saturated heterocycles. The molecular formula is C14H21N3O2. The van der Waals surface area contributed by atoms with Crippen molar-refractivity contribution in [2.45, 2.75) is 26.8 Å². The molecule has 5 nitrogen and oxygen atoms in total. The number of rotatable bonds is 5. The van der Waals surface area contributed by atoms with Crippen molar-refractivity contribution in [3.05, 3.63) is 29.3 Å². The van der Waals surface area contributed by atoms with Crippen LogP contribution in [0.3, 0.4) is 0 Å². The van der Waals surface area contributed by atoms with Crippen LogP contribution in [0.5, 0.6) is 0 Å². The first kappa shape index (κ1) is 15.2. The standard InChI is InChI=1S/C14H21N3O2/c1-9-6-5-7-10(2)13(9)16-12(18)8-17(4)11(3)14(15)19/h5-7,11H,8H2,1-4H3,(H2,15,19)(H,16,18)/t11-/m0/s1. The van der Waals surface area contributed by atoms with Crippen LogP contribution in [0, 0.1) is 13.8 Å². The summed E-state index contributed by atoms with van der Waals surface area (Å²) in [7, 11) is 1.69. The van der Waals surface area contributed by atoms with Gasteiger partial charge in [0.05, 0.1) is 12.6 Å². The molecule has 0 bridgehead atoms. The molecular weight excluding hydrogens is 242 g/mol. The molecule has 104 valence electrons. The fourth-order valence-electron chi connectivity index (χ4n) is 1.77. The highest BCUT2D eigenvalue weighted by molar-refractivity contribution is 5.94. The lowest BCUT2D eigenvalue weighted by Crippen LogP contribution is -2.43. The topological polar surface area (TPSA) is 75.4 Å². The van der Waals surface area contributed by atoms with Crippen LogP contribution < -0.4 is 11.1 Å². The van der Waals surface area contributed by atoms with Gasteiger partial charge in [0.15, 0.2) is 0 Å². The number of benzene rings is 1. The summed E-state index contributed by atoms with van der Waals surface area (Å²) in [4.78, 5) is 24.6. The third kappa shape index (κ3) is 4.06. The maximum absolute atomic E-state index is 11.9. The normalized spacial score (nSPS) is 12.3. The van der Waals surface area contributed by atoms with Crippen molar-refractivity contribution in [3.63, 3.8) is 0 Å².